The van der Waals surface area contributed by atoms with Crippen LogP contribution in [-0.2, 0) is 4.79 Å². The summed E-state index contributed by atoms with van der Waals surface area (Å²) < 4.78 is 5.55. The molecule has 1 amide bonds. The molecule has 2 aromatic carbocycles. The summed E-state index contributed by atoms with van der Waals surface area (Å²) in [5, 5.41) is 6.34. The summed E-state index contributed by atoms with van der Waals surface area (Å²) in [6.45, 7) is -0.0354. The Morgan fingerprint density at radius 2 is 2.04 bits per heavy atom. The van der Waals surface area contributed by atoms with E-state index in [9.17, 15) is 4.79 Å². The minimum atomic E-state index is -0.238. The van der Waals surface area contributed by atoms with Gasteiger partial charge >= 0.3 is 0 Å². The predicted molar refractivity (Wildman–Crippen MR) is 94.9 cm³/mol. The zero-order valence-corrected chi connectivity index (χ0v) is 13.4. The Morgan fingerprint density at radius 1 is 1.17 bits per heavy atom. The Hall–Kier alpha value is -2.62. The number of ether oxygens (including phenoxy) is 1. The molecule has 2 bridgehead atoms. The highest BCUT2D eigenvalue weighted by Gasteiger charge is 2.34. The third kappa shape index (κ3) is 3.18. The second kappa shape index (κ2) is 6.48. The molecule has 2 aromatic rings. The molecule has 4 nitrogen and oxygen atoms in total. The van der Waals surface area contributed by atoms with Gasteiger partial charge < -0.3 is 4.74 Å². The number of nitrogens with one attached hydrogen (secondary N) is 1. The van der Waals surface area contributed by atoms with Crippen LogP contribution in [0.1, 0.15) is 12.8 Å². The molecule has 0 heterocycles. The van der Waals surface area contributed by atoms with Gasteiger partial charge in [-0.2, -0.15) is 5.10 Å². The number of hydrazone groups is 1. The largest absolute Gasteiger partial charge is 0.484 e. The lowest BCUT2D eigenvalue weighted by molar-refractivity contribution is -0.123. The van der Waals surface area contributed by atoms with E-state index in [1.807, 2.05) is 48.7 Å². The Balaban J connectivity index is 1.27. The number of hydrogen-bond acceptors (Lipinski definition) is 3. The standard InChI is InChI=1S/C20H20N2O2/c23-20(22-21-12-18-10-14-5-6-17(18)9-14)13-24-19-8-7-15-3-1-2-4-16(15)11-19/h1-8,11-12,14,17-18H,9-10,13H2,(H,22,23)/b21-12+. The minimum absolute atomic E-state index is 0.0354. The summed E-state index contributed by atoms with van der Waals surface area (Å²) in [6, 6.07) is 13.9. The molecule has 2 aliphatic rings. The van der Waals surface area contributed by atoms with Crippen LogP contribution in [0.4, 0.5) is 0 Å². The normalized spacial score (nSPS) is 24.8. The number of nitrogens with zero attached hydrogens (tertiary/aromatic N) is 1. The number of rotatable bonds is 5. The predicted octanol–water partition coefficient (Wildman–Crippen LogP) is 3.53. The van der Waals surface area contributed by atoms with E-state index >= 15 is 0 Å². The molecule has 4 rings (SSSR count). The number of hydrogen-bond donors (Lipinski definition) is 1. The van der Waals surface area contributed by atoms with Gasteiger partial charge in [-0.3, -0.25) is 4.79 Å². The first-order valence-electron chi connectivity index (χ1n) is 8.40. The Morgan fingerprint density at radius 3 is 2.83 bits per heavy atom. The second-order valence-corrected chi connectivity index (χ2v) is 6.55. The van der Waals surface area contributed by atoms with Crippen molar-refractivity contribution < 1.29 is 9.53 Å². The van der Waals surface area contributed by atoms with Gasteiger partial charge in [0, 0.05) is 12.1 Å². The first kappa shape index (κ1) is 14.9. The summed E-state index contributed by atoms with van der Waals surface area (Å²) in [6.07, 6.45) is 8.83. The monoisotopic (exact) mass is 320 g/mol. The first-order valence-corrected chi connectivity index (χ1v) is 8.40. The number of allylic oxidation sites excluding steroid dienone is 2. The van der Waals surface area contributed by atoms with Crippen molar-refractivity contribution in [3.63, 3.8) is 0 Å². The molecule has 1 N–H and O–H groups in total. The van der Waals surface area contributed by atoms with E-state index in [1.54, 1.807) is 0 Å². The van der Waals surface area contributed by atoms with Crippen LogP contribution in [-0.4, -0.2) is 18.7 Å². The van der Waals surface area contributed by atoms with Crippen LogP contribution in [0.25, 0.3) is 10.8 Å². The van der Waals surface area contributed by atoms with Gasteiger partial charge in [-0.15, -0.1) is 0 Å². The number of carbonyl (C=O) groups excluding carboxylic acids is 1. The second-order valence-electron chi connectivity index (χ2n) is 6.55. The highest BCUT2D eigenvalue weighted by atomic mass is 16.5. The third-order valence-electron chi connectivity index (χ3n) is 4.88. The summed E-state index contributed by atoms with van der Waals surface area (Å²) in [4.78, 5) is 11.8. The van der Waals surface area contributed by atoms with E-state index in [2.05, 4.69) is 22.7 Å². The van der Waals surface area contributed by atoms with Crippen molar-refractivity contribution in [3.05, 3.63) is 54.6 Å². The van der Waals surface area contributed by atoms with Gasteiger partial charge in [-0.1, -0.05) is 42.5 Å². The van der Waals surface area contributed by atoms with Crippen molar-refractivity contribution in [2.45, 2.75) is 12.8 Å². The van der Waals surface area contributed by atoms with Crippen molar-refractivity contribution in [2.75, 3.05) is 6.61 Å². The highest BCUT2D eigenvalue weighted by Crippen LogP contribution is 2.42. The molecule has 0 radical (unpaired) electrons. The fourth-order valence-electron chi connectivity index (χ4n) is 3.64. The van der Waals surface area contributed by atoms with Crippen molar-refractivity contribution in [1.82, 2.24) is 5.43 Å². The van der Waals surface area contributed by atoms with Gasteiger partial charge in [0.2, 0.25) is 0 Å². The van der Waals surface area contributed by atoms with E-state index in [4.69, 9.17) is 4.74 Å². The fraction of sp³-hybridized carbons (Fsp3) is 0.300. The van der Waals surface area contributed by atoms with Crippen LogP contribution in [0.5, 0.6) is 5.75 Å². The Kier molecular flexibility index (Phi) is 4.03. The molecular weight excluding hydrogens is 300 g/mol. The van der Waals surface area contributed by atoms with E-state index in [0.29, 0.717) is 23.5 Å². The van der Waals surface area contributed by atoms with Gasteiger partial charge in [0.15, 0.2) is 6.61 Å². The van der Waals surface area contributed by atoms with Crippen molar-refractivity contribution >= 4 is 22.9 Å². The maximum atomic E-state index is 11.8. The minimum Gasteiger partial charge on any atom is -0.484 e. The van der Waals surface area contributed by atoms with Crippen LogP contribution in [0, 0.1) is 17.8 Å². The average molecular weight is 320 g/mol. The smallest absolute Gasteiger partial charge is 0.277 e. The van der Waals surface area contributed by atoms with Crippen LogP contribution in [0.15, 0.2) is 59.7 Å². The molecule has 122 valence electrons. The highest BCUT2D eigenvalue weighted by molar-refractivity contribution is 5.84. The molecule has 4 heteroatoms. The van der Waals surface area contributed by atoms with Crippen molar-refractivity contribution in [3.8, 4) is 5.75 Å². The number of carbonyl (C=O) groups is 1. The van der Waals surface area contributed by atoms with Crippen molar-refractivity contribution in [1.29, 1.82) is 0 Å². The molecule has 1 fully saturated rings. The lowest BCUT2D eigenvalue weighted by Gasteiger charge is -2.12. The van der Waals surface area contributed by atoms with Gasteiger partial charge in [0.05, 0.1) is 0 Å². The van der Waals surface area contributed by atoms with Gasteiger partial charge in [0.25, 0.3) is 5.91 Å². The molecule has 1 saturated carbocycles. The third-order valence-corrected chi connectivity index (χ3v) is 4.88. The van der Waals surface area contributed by atoms with Gasteiger partial charge in [0.1, 0.15) is 5.75 Å². The molecule has 0 aromatic heterocycles. The van der Waals surface area contributed by atoms with E-state index < -0.39 is 0 Å². The van der Waals surface area contributed by atoms with Gasteiger partial charge in [-0.05, 0) is 47.6 Å². The molecule has 3 atom stereocenters. The first-order chi connectivity index (χ1) is 11.8. The number of amides is 1. The zero-order chi connectivity index (χ0) is 16.4. The number of fused-ring (bicyclic) bond motifs is 3. The van der Waals surface area contributed by atoms with Gasteiger partial charge in [-0.25, -0.2) is 5.43 Å². The van der Waals surface area contributed by atoms with Crippen LogP contribution < -0.4 is 10.2 Å². The van der Waals surface area contributed by atoms with Crippen LogP contribution in [0.3, 0.4) is 0 Å². The van der Waals surface area contributed by atoms with E-state index in [1.165, 1.54) is 6.42 Å². The number of benzene rings is 2. The summed E-state index contributed by atoms with van der Waals surface area (Å²) in [5.41, 5.74) is 2.56. The topological polar surface area (TPSA) is 50.7 Å². The van der Waals surface area contributed by atoms with E-state index in [0.717, 1.165) is 17.2 Å². The molecular formula is C20H20N2O2. The lowest BCUT2D eigenvalue weighted by atomic mass is 9.95. The molecule has 2 aliphatic carbocycles. The molecule has 0 spiro atoms. The molecule has 0 aliphatic heterocycles. The SMILES string of the molecule is O=C(COc1ccc2ccccc2c1)N/N=C/C1CC2C=CC1C2. The Bertz CT molecular complexity index is 812. The van der Waals surface area contributed by atoms with Crippen LogP contribution in [0.2, 0.25) is 0 Å². The van der Waals surface area contributed by atoms with Crippen molar-refractivity contribution in [2.24, 2.45) is 22.9 Å². The summed E-state index contributed by atoms with van der Waals surface area (Å²) in [5.74, 6) is 2.22. The lowest BCUT2D eigenvalue weighted by Crippen LogP contribution is -2.25. The summed E-state index contributed by atoms with van der Waals surface area (Å²) >= 11 is 0. The fourth-order valence-corrected chi connectivity index (χ4v) is 3.64. The maximum absolute atomic E-state index is 11.8. The quantitative estimate of drug-likeness (QED) is 0.520. The summed E-state index contributed by atoms with van der Waals surface area (Å²) in [7, 11) is 0. The molecule has 24 heavy (non-hydrogen) atoms. The average Bonchev–Trinajstić information content (AvgIpc) is 3.23. The molecule has 3 unspecified atom stereocenters. The van der Waals surface area contributed by atoms with E-state index in [-0.39, 0.29) is 12.5 Å². The molecule has 0 saturated heterocycles. The maximum Gasteiger partial charge on any atom is 0.277 e. The van der Waals surface area contributed by atoms with Crippen LogP contribution >= 0.6 is 0 Å². The Labute approximate surface area is 141 Å². The zero-order valence-electron chi connectivity index (χ0n) is 13.4.